The molecule has 32 heavy (non-hydrogen) atoms. The third kappa shape index (κ3) is 5.46. The van der Waals surface area contributed by atoms with E-state index in [1.165, 1.54) is 57.4 Å². The van der Waals surface area contributed by atoms with Gasteiger partial charge in [-0.1, -0.05) is 51.2 Å². The molecule has 4 atom stereocenters. The van der Waals surface area contributed by atoms with Crippen LogP contribution >= 0.6 is 0 Å². The van der Waals surface area contributed by atoms with E-state index in [2.05, 4.69) is 13.5 Å². The molecular weight excluding hydrogens is 399 g/mol. The van der Waals surface area contributed by atoms with Gasteiger partial charge in [-0.05, 0) is 98.7 Å². The first-order valence-corrected chi connectivity index (χ1v) is 13.2. The molecule has 1 aromatic rings. The summed E-state index contributed by atoms with van der Waals surface area (Å²) >= 11 is 0. The van der Waals surface area contributed by atoms with E-state index in [9.17, 15) is 9.18 Å². The van der Waals surface area contributed by atoms with Gasteiger partial charge in [0, 0.05) is 0 Å². The molecule has 4 unspecified atom stereocenters. The lowest BCUT2D eigenvalue weighted by Crippen LogP contribution is -2.40. The highest BCUT2D eigenvalue weighted by atomic mass is 19.1. The summed E-state index contributed by atoms with van der Waals surface area (Å²) in [6.45, 7) is 6.05. The molecular formula is C29H41FO2. The fourth-order valence-corrected chi connectivity index (χ4v) is 7.02. The molecule has 3 heteroatoms. The lowest BCUT2D eigenvalue weighted by atomic mass is 9.59. The minimum atomic E-state index is -0.432. The monoisotopic (exact) mass is 440 g/mol. The Bertz CT molecular complexity index is 779. The predicted octanol–water partition coefficient (Wildman–Crippen LogP) is 7.90. The molecule has 0 heterocycles. The number of ether oxygens (including phenoxy) is 1. The Kier molecular flexibility index (Phi) is 8.07. The van der Waals surface area contributed by atoms with Crippen LogP contribution in [0.4, 0.5) is 4.39 Å². The molecule has 0 spiro atoms. The van der Waals surface area contributed by atoms with Gasteiger partial charge in [-0.25, -0.2) is 4.39 Å². The van der Waals surface area contributed by atoms with Crippen LogP contribution in [0.1, 0.15) is 89.5 Å². The number of aryl methyl sites for hydroxylation is 1. The van der Waals surface area contributed by atoms with Gasteiger partial charge in [-0.15, -0.1) is 6.58 Å². The second kappa shape index (κ2) is 11.0. The normalized spacial score (nSPS) is 32.7. The minimum Gasteiger partial charge on any atom is -0.423 e. The third-order valence-corrected chi connectivity index (χ3v) is 8.97. The summed E-state index contributed by atoms with van der Waals surface area (Å²) in [5.74, 6) is 3.16. The van der Waals surface area contributed by atoms with Crippen molar-refractivity contribution in [2.24, 2.45) is 35.5 Å². The molecule has 0 aliphatic heterocycles. The van der Waals surface area contributed by atoms with Crippen molar-refractivity contribution in [3.8, 4) is 5.75 Å². The van der Waals surface area contributed by atoms with Crippen LogP contribution in [0.5, 0.6) is 5.75 Å². The van der Waals surface area contributed by atoms with Crippen molar-refractivity contribution in [3.05, 3.63) is 42.2 Å². The predicted molar refractivity (Wildman–Crippen MR) is 128 cm³/mol. The number of hydrogen-bond acceptors (Lipinski definition) is 2. The largest absolute Gasteiger partial charge is 0.423 e. The first kappa shape index (κ1) is 23.5. The van der Waals surface area contributed by atoms with Gasteiger partial charge < -0.3 is 4.74 Å². The highest BCUT2D eigenvalue weighted by Gasteiger charge is 2.43. The smallest absolute Gasteiger partial charge is 0.314 e. The van der Waals surface area contributed by atoms with Crippen LogP contribution in [0.2, 0.25) is 0 Å². The van der Waals surface area contributed by atoms with E-state index in [0.29, 0.717) is 11.8 Å². The fourth-order valence-electron chi connectivity index (χ4n) is 7.02. The van der Waals surface area contributed by atoms with E-state index >= 15 is 0 Å². The van der Waals surface area contributed by atoms with E-state index in [4.69, 9.17) is 4.74 Å². The van der Waals surface area contributed by atoms with Gasteiger partial charge in [0.25, 0.3) is 0 Å². The molecule has 3 saturated carbocycles. The Labute approximate surface area is 194 Å². The van der Waals surface area contributed by atoms with Crippen LogP contribution < -0.4 is 4.74 Å². The second-order valence-corrected chi connectivity index (χ2v) is 10.7. The number of hydrogen-bond donors (Lipinski definition) is 0. The van der Waals surface area contributed by atoms with E-state index in [-0.39, 0.29) is 17.6 Å². The van der Waals surface area contributed by atoms with Crippen LogP contribution in [-0.2, 0) is 11.2 Å². The van der Waals surface area contributed by atoms with E-state index in [1.807, 2.05) is 12.1 Å². The van der Waals surface area contributed by atoms with E-state index in [0.717, 1.165) is 55.4 Å². The van der Waals surface area contributed by atoms with Crippen LogP contribution in [0.15, 0.2) is 30.9 Å². The van der Waals surface area contributed by atoms with Crippen molar-refractivity contribution in [1.82, 2.24) is 0 Å². The van der Waals surface area contributed by atoms with Gasteiger partial charge in [-0.2, -0.15) is 0 Å². The first-order chi connectivity index (χ1) is 15.6. The quantitative estimate of drug-likeness (QED) is 0.245. The highest BCUT2D eigenvalue weighted by Crippen LogP contribution is 2.50. The number of esters is 1. The maximum absolute atomic E-state index is 14.5. The van der Waals surface area contributed by atoms with Gasteiger partial charge in [0.05, 0.1) is 5.92 Å². The Morgan fingerprint density at radius 3 is 2.56 bits per heavy atom. The average Bonchev–Trinajstić information content (AvgIpc) is 2.83. The fraction of sp³-hybridized carbons (Fsp3) is 0.690. The lowest BCUT2D eigenvalue weighted by molar-refractivity contribution is -0.144. The lowest BCUT2D eigenvalue weighted by Gasteiger charge is -2.46. The number of carbonyl (C=O) groups excluding carboxylic acids is 1. The maximum atomic E-state index is 14.5. The van der Waals surface area contributed by atoms with E-state index < -0.39 is 5.82 Å². The maximum Gasteiger partial charge on any atom is 0.314 e. The second-order valence-electron chi connectivity index (χ2n) is 10.7. The molecule has 0 N–H and O–H groups in total. The van der Waals surface area contributed by atoms with Gasteiger partial charge in [0.15, 0.2) is 11.6 Å². The third-order valence-electron chi connectivity index (χ3n) is 8.97. The number of fused-ring (bicyclic) bond motifs is 1. The van der Waals surface area contributed by atoms with Crippen molar-refractivity contribution >= 4 is 5.97 Å². The molecule has 0 aromatic heterocycles. The highest BCUT2D eigenvalue weighted by molar-refractivity contribution is 5.75. The van der Waals surface area contributed by atoms with Crippen molar-refractivity contribution in [2.75, 3.05) is 0 Å². The summed E-state index contributed by atoms with van der Waals surface area (Å²) in [6, 6.07) is 4.97. The zero-order valence-corrected chi connectivity index (χ0v) is 19.9. The summed E-state index contributed by atoms with van der Waals surface area (Å²) in [5.41, 5.74) is 0.909. The molecule has 2 nitrogen and oxygen atoms in total. The zero-order chi connectivity index (χ0) is 22.5. The molecule has 176 valence electrons. The molecule has 3 aliphatic carbocycles. The van der Waals surface area contributed by atoms with Crippen molar-refractivity contribution in [2.45, 2.75) is 90.4 Å². The number of allylic oxidation sites excluding steroid dienone is 1. The molecule has 0 amide bonds. The molecule has 3 fully saturated rings. The van der Waals surface area contributed by atoms with Gasteiger partial charge in [0.1, 0.15) is 0 Å². The summed E-state index contributed by atoms with van der Waals surface area (Å²) in [4.78, 5) is 13.1. The number of halogens is 1. The molecule has 0 radical (unpaired) electrons. The molecule has 3 aliphatic rings. The standard InChI is InChI=1S/C29H41FO2/c1-3-5-7-21-12-17-28(27(30)18-21)32-29(31)26-9-6-8-24-19-23(15-16-25(24)26)22-13-10-20(4-2)11-14-22/h3,12,17-18,20,22-26H,1,4-11,13-16,19H2,2H3. The minimum absolute atomic E-state index is 0.0645. The summed E-state index contributed by atoms with van der Waals surface area (Å²) in [7, 11) is 0. The Hall–Kier alpha value is -1.64. The number of carbonyl (C=O) groups is 1. The van der Waals surface area contributed by atoms with Gasteiger partial charge in [-0.3, -0.25) is 4.79 Å². The number of rotatable bonds is 7. The van der Waals surface area contributed by atoms with Crippen LogP contribution in [0.25, 0.3) is 0 Å². The summed E-state index contributed by atoms with van der Waals surface area (Å²) < 4.78 is 20.2. The average molecular weight is 441 g/mol. The van der Waals surface area contributed by atoms with Gasteiger partial charge in [0.2, 0.25) is 0 Å². The molecule has 4 rings (SSSR count). The summed E-state index contributed by atoms with van der Waals surface area (Å²) in [6.07, 6.45) is 17.3. The molecule has 0 saturated heterocycles. The SMILES string of the molecule is C=CCCc1ccc(OC(=O)C2CCCC3CC(C4CCC(CC)CC4)CCC32)c(F)c1. The summed E-state index contributed by atoms with van der Waals surface area (Å²) in [5, 5.41) is 0. The first-order valence-electron chi connectivity index (χ1n) is 13.2. The Morgan fingerprint density at radius 1 is 1.06 bits per heavy atom. The van der Waals surface area contributed by atoms with E-state index in [1.54, 1.807) is 6.07 Å². The van der Waals surface area contributed by atoms with Crippen molar-refractivity contribution in [1.29, 1.82) is 0 Å². The van der Waals surface area contributed by atoms with Crippen LogP contribution in [0, 0.1) is 41.3 Å². The van der Waals surface area contributed by atoms with Gasteiger partial charge >= 0.3 is 5.97 Å². The molecule has 0 bridgehead atoms. The Morgan fingerprint density at radius 2 is 1.84 bits per heavy atom. The van der Waals surface area contributed by atoms with Crippen molar-refractivity contribution in [3.63, 3.8) is 0 Å². The van der Waals surface area contributed by atoms with Crippen LogP contribution in [0.3, 0.4) is 0 Å². The Balaban J connectivity index is 1.34. The number of benzene rings is 1. The topological polar surface area (TPSA) is 26.3 Å². The molecule has 1 aromatic carbocycles. The zero-order valence-electron chi connectivity index (χ0n) is 19.9. The van der Waals surface area contributed by atoms with Crippen molar-refractivity contribution < 1.29 is 13.9 Å². The van der Waals surface area contributed by atoms with Crippen LogP contribution in [-0.4, -0.2) is 5.97 Å².